The molecule has 0 aromatic carbocycles. The van der Waals surface area contributed by atoms with Crippen LogP contribution in [0.1, 0.15) is 50.9 Å². The second kappa shape index (κ2) is 10.9. The highest BCUT2D eigenvalue weighted by Gasteiger charge is 2.39. The third-order valence-corrected chi connectivity index (χ3v) is 8.02. The Bertz CT molecular complexity index is 1360. The number of aromatic nitrogens is 7. The van der Waals surface area contributed by atoms with Crippen LogP contribution in [-0.2, 0) is 19.5 Å². The van der Waals surface area contributed by atoms with Crippen LogP contribution >= 0.6 is 11.6 Å². The molecule has 4 rings (SSSR count). The lowest BCUT2D eigenvalue weighted by Gasteiger charge is -2.23. The number of halogens is 1. The Balaban J connectivity index is 1.79. The van der Waals surface area contributed by atoms with Crippen molar-refractivity contribution >= 4 is 27.6 Å². The lowest BCUT2D eigenvalue weighted by atomic mass is 9.97. The van der Waals surface area contributed by atoms with Crippen LogP contribution in [0.15, 0.2) is 18.7 Å². The lowest BCUT2D eigenvalue weighted by Crippen LogP contribution is -2.33. The maximum absolute atomic E-state index is 13.6. The van der Waals surface area contributed by atoms with Gasteiger partial charge in [0, 0.05) is 25.4 Å². The molecular weight excluding hydrogens is 540 g/mol. The van der Waals surface area contributed by atoms with Crippen molar-refractivity contribution in [1.29, 1.82) is 0 Å². The van der Waals surface area contributed by atoms with Crippen molar-refractivity contribution in [3.63, 3.8) is 0 Å². The predicted molar refractivity (Wildman–Crippen MR) is 136 cm³/mol. The van der Waals surface area contributed by atoms with Crippen LogP contribution in [0, 0.1) is 0 Å². The molecule has 14 nitrogen and oxygen atoms in total. The van der Waals surface area contributed by atoms with E-state index in [-0.39, 0.29) is 35.1 Å². The minimum atomic E-state index is -4.15. The molecule has 1 aliphatic rings. The predicted octanol–water partition coefficient (Wildman–Crippen LogP) is 2.32. The minimum Gasteiger partial charge on any atom is -0.479 e. The monoisotopic (exact) mass is 568 g/mol. The van der Waals surface area contributed by atoms with E-state index in [0.717, 1.165) is 0 Å². The van der Waals surface area contributed by atoms with Gasteiger partial charge in [-0.3, -0.25) is 9.29 Å². The largest absolute Gasteiger partial charge is 0.479 e. The average molecular weight is 569 g/mol. The van der Waals surface area contributed by atoms with E-state index in [4.69, 9.17) is 30.5 Å². The van der Waals surface area contributed by atoms with E-state index in [2.05, 4.69) is 34.9 Å². The summed E-state index contributed by atoms with van der Waals surface area (Å²) in [5.74, 6) is 0.522. The summed E-state index contributed by atoms with van der Waals surface area (Å²) in [6.45, 7) is 5.76. The summed E-state index contributed by atoms with van der Waals surface area (Å²) in [7, 11) is 0.0763. The number of methoxy groups -OCH3 is 3. The van der Waals surface area contributed by atoms with Crippen molar-refractivity contribution in [3.8, 4) is 17.4 Å². The molecule has 0 saturated carbocycles. The molecule has 206 valence electrons. The smallest absolute Gasteiger partial charge is 0.245 e. The molecule has 4 heterocycles. The fourth-order valence-corrected chi connectivity index (χ4v) is 5.48. The standard InChI is InChI=1S/C22H29ClN8O6S/c1-12(16(34-4)17-24-8-14(23)9-25-17)38(32,33)30-21-29-28-18(13-7-22(2,3)37-10-13)31(21)15-19(35-5)26-11-27-20(15)36-6/h8-9,11-13,16H,7,10H2,1-6H3,(H,29,30)/t12-,13-,16-/m0/s1. The molecule has 0 bridgehead atoms. The molecular formula is C22H29ClN8O6S. The van der Waals surface area contributed by atoms with Gasteiger partial charge in [-0.15, -0.1) is 10.2 Å². The number of hydrogen-bond acceptors (Lipinski definition) is 12. The first kappa shape index (κ1) is 27.9. The van der Waals surface area contributed by atoms with E-state index in [9.17, 15) is 8.42 Å². The van der Waals surface area contributed by atoms with Crippen molar-refractivity contribution < 1.29 is 27.4 Å². The van der Waals surface area contributed by atoms with Crippen molar-refractivity contribution in [3.05, 3.63) is 35.4 Å². The van der Waals surface area contributed by atoms with Gasteiger partial charge < -0.3 is 18.9 Å². The molecule has 0 unspecified atom stereocenters. The van der Waals surface area contributed by atoms with Crippen molar-refractivity contribution in [2.45, 2.75) is 50.1 Å². The Labute approximate surface area is 225 Å². The van der Waals surface area contributed by atoms with E-state index in [1.807, 2.05) is 13.8 Å². The molecule has 1 N–H and O–H groups in total. The maximum atomic E-state index is 13.6. The number of nitrogens with zero attached hydrogens (tertiary/aromatic N) is 7. The number of anilines is 1. The average Bonchev–Trinajstić information content (AvgIpc) is 3.46. The Morgan fingerprint density at radius 3 is 2.26 bits per heavy atom. The lowest BCUT2D eigenvalue weighted by molar-refractivity contribution is 0.0360. The summed E-state index contributed by atoms with van der Waals surface area (Å²) in [5.41, 5.74) is -0.168. The van der Waals surface area contributed by atoms with Crippen LogP contribution in [0.5, 0.6) is 11.8 Å². The summed E-state index contributed by atoms with van der Waals surface area (Å²) >= 11 is 5.88. The molecule has 0 aliphatic carbocycles. The number of ether oxygens (including phenoxy) is 4. The number of sulfonamides is 1. The molecule has 1 fully saturated rings. The fourth-order valence-electron chi connectivity index (χ4n) is 4.25. The van der Waals surface area contributed by atoms with Gasteiger partial charge in [0.15, 0.2) is 11.5 Å². The van der Waals surface area contributed by atoms with E-state index in [1.54, 1.807) is 0 Å². The molecule has 1 aliphatic heterocycles. The van der Waals surface area contributed by atoms with Crippen molar-refractivity contribution in [2.24, 2.45) is 0 Å². The topological polar surface area (TPSA) is 165 Å². The zero-order valence-electron chi connectivity index (χ0n) is 21.7. The van der Waals surface area contributed by atoms with Crippen LogP contribution in [0.2, 0.25) is 5.02 Å². The highest BCUT2D eigenvalue weighted by molar-refractivity contribution is 7.93. The Kier molecular flexibility index (Phi) is 8.01. The van der Waals surface area contributed by atoms with Gasteiger partial charge in [-0.1, -0.05) is 11.6 Å². The zero-order valence-corrected chi connectivity index (χ0v) is 23.3. The Morgan fingerprint density at radius 1 is 1.11 bits per heavy atom. The highest BCUT2D eigenvalue weighted by atomic mass is 35.5. The minimum absolute atomic E-state index is 0.116. The third-order valence-electron chi connectivity index (χ3n) is 6.13. The molecule has 3 aromatic rings. The van der Waals surface area contributed by atoms with Crippen LogP contribution in [0.25, 0.3) is 5.69 Å². The van der Waals surface area contributed by atoms with Gasteiger partial charge in [0.1, 0.15) is 23.5 Å². The summed E-state index contributed by atoms with van der Waals surface area (Å²) in [6.07, 6.45) is 3.62. The van der Waals surface area contributed by atoms with Gasteiger partial charge in [0.2, 0.25) is 27.7 Å². The van der Waals surface area contributed by atoms with E-state index in [1.165, 1.54) is 51.5 Å². The Hall–Kier alpha value is -3.14. The van der Waals surface area contributed by atoms with Crippen LogP contribution < -0.4 is 14.2 Å². The number of nitrogens with one attached hydrogen (secondary N) is 1. The molecule has 3 atom stereocenters. The molecule has 0 radical (unpaired) electrons. The second-order valence-corrected chi connectivity index (χ2v) is 11.7. The van der Waals surface area contributed by atoms with Gasteiger partial charge in [-0.25, -0.2) is 18.4 Å². The van der Waals surface area contributed by atoms with Crippen LogP contribution in [0.4, 0.5) is 5.95 Å². The van der Waals surface area contributed by atoms with Crippen LogP contribution in [-0.4, -0.2) is 81.9 Å². The normalized spacial score (nSPS) is 18.7. The van der Waals surface area contributed by atoms with Crippen molar-refractivity contribution in [1.82, 2.24) is 34.7 Å². The Morgan fingerprint density at radius 2 is 1.74 bits per heavy atom. The SMILES string of the molecule is COc1ncnc(OC)c1-n1c(NS(=O)(=O)[C@@H](C)[C@H](OC)c2ncc(Cl)cn2)nnc1[C@@H]1COC(C)(C)C1. The molecule has 16 heteroatoms. The quantitative estimate of drug-likeness (QED) is 0.380. The summed E-state index contributed by atoms with van der Waals surface area (Å²) in [4.78, 5) is 16.6. The number of rotatable bonds is 10. The van der Waals surface area contributed by atoms with Crippen LogP contribution in [0.3, 0.4) is 0 Å². The second-order valence-electron chi connectivity index (χ2n) is 9.20. The molecule has 0 amide bonds. The highest BCUT2D eigenvalue weighted by Crippen LogP contribution is 2.40. The summed E-state index contributed by atoms with van der Waals surface area (Å²) in [6, 6.07) is 0. The van der Waals surface area contributed by atoms with Gasteiger partial charge in [0.05, 0.1) is 31.5 Å². The first-order chi connectivity index (χ1) is 18.0. The van der Waals surface area contributed by atoms with Gasteiger partial charge >= 0.3 is 0 Å². The molecule has 0 spiro atoms. The van der Waals surface area contributed by atoms with Crippen molar-refractivity contribution in [2.75, 3.05) is 32.7 Å². The molecule has 38 heavy (non-hydrogen) atoms. The zero-order chi connectivity index (χ0) is 27.7. The van der Waals surface area contributed by atoms with E-state index in [0.29, 0.717) is 23.9 Å². The first-order valence-electron chi connectivity index (χ1n) is 11.6. The first-order valence-corrected chi connectivity index (χ1v) is 13.5. The van der Waals surface area contributed by atoms with E-state index < -0.39 is 27.0 Å². The summed E-state index contributed by atoms with van der Waals surface area (Å²) < 4.78 is 53.5. The van der Waals surface area contributed by atoms with E-state index >= 15 is 0 Å². The summed E-state index contributed by atoms with van der Waals surface area (Å²) in [5, 5.41) is 7.68. The maximum Gasteiger partial charge on any atom is 0.245 e. The third kappa shape index (κ3) is 5.50. The van der Waals surface area contributed by atoms with Gasteiger partial charge in [-0.05, 0) is 27.2 Å². The van der Waals surface area contributed by atoms with Gasteiger partial charge in [-0.2, -0.15) is 9.97 Å². The number of hydrogen-bond donors (Lipinski definition) is 1. The molecule has 3 aromatic heterocycles. The molecule has 1 saturated heterocycles. The fraction of sp³-hybridized carbons (Fsp3) is 0.545. The van der Waals surface area contributed by atoms with Gasteiger partial charge in [0.25, 0.3) is 0 Å².